The molecule has 3 nitrogen and oxygen atoms in total. The number of fused-ring (bicyclic) bond motifs is 1. The van der Waals surface area contributed by atoms with E-state index in [9.17, 15) is 9.18 Å². The number of hydrogen-bond acceptors (Lipinski definition) is 1. The van der Waals surface area contributed by atoms with Gasteiger partial charge in [0.1, 0.15) is 5.82 Å². The maximum Gasteiger partial charge on any atom is 0.223 e. The minimum Gasteiger partial charge on any atom is -0.348 e. The summed E-state index contributed by atoms with van der Waals surface area (Å²) < 4.78 is 15.5. The lowest BCUT2D eigenvalue weighted by Crippen LogP contribution is -2.42. The number of aryl methyl sites for hydroxylation is 1. The fourth-order valence-electron chi connectivity index (χ4n) is 3.69. The van der Waals surface area contributed by atoms with E-state index in [2.05, 4.69) is 4.57 Å². The standard InChI is InChI=1S/C22H21FN2O/c23-19-11-9-18(10-12-19)22-20-7-4-14-24(20)15-16-25(22)21(26)13-8-17-5-2-1-3-6-17/h1-7,9-12,14,22H,8,13,15-16H2. The van der Waals surface area contributed by atoms with E-state index in [1.807, 2.05) is 53.6 Å². The van der Waals surface area contributed by atoms with Gasteiger partial charge in [0.15, 0.2) is 0 Å². The average molecular weight is 348 g/mol. The second kappa shape index (κ2) is 7.16. The van der Waals surface area contributed by atoms with Crippen LogP contribution in [-0.4, -0.2) is 21.9 Å². The topological polar surface area (TPSA) is 25.2 Å². The number of carbonyl (C=O) groups excluding carboxylic acids is 1. The van der Waals surface area contributed by atoms with Crippen molar-refractivity contribution in [2.45, 2.75) is 25.4 Å². The van der Waals surface area contributed by atoms with Crippen molar-refractivity contribution in [2.24, 2.45) is 0 Å². The van der Waals surface area contributed by atoms with Crippen LogP contribution < -0.4 is 0 Å². The van der Waals surface area contributed by atoms with E-state index in [-0.39, 0.29) is 17.8 Å². The molecule has 0 saturated carbocycles. The first-order valence-corrected chi connectivity index (χ1v) is 8.96. The van der Waals surface area contributed by atoms with Crippen LogP contribution in [0.25, 0.3) is 0 Å². The van der Waals surface area contributed by atoms with Gasteiger partial charge < -0.3 is 9.47 Å². The molecule has 1 unspecified atom stereocenters. The van der Waals surface area contributed by atoms with Gasteiger partial charge in [-0.1, -0.05) is 42.5 Å². The normalized spacial score (nSPS) is 16.3. The van der Waals surface area contributed by atoms with Crippen molar-refractivity contribution in [3.8, 4) is 0 Å². The van der Waals surface area contributed by atoms with E-state index >= 15 is 0 Å². The smallest absolute Gasteiger partial charge is 0.223 e. The first-order chi connectivity index (χ1) is 12.7. The molecule has 1 aromatic heterocycles. The predicted octanol–water partition coefficient (Wildman–Crippen LogP) is 4.19. The molecular formula is C22H21FN2O. The summed E-state index contributed by atoms with van der Waals surface area (Å²) in [7, 11) is 0. The molecule has 4 rings (SSSR count). The Balaban J connectivity index is 1.59. The van der Waals surface area contributed by atoms with Gasteiger partial charge in [-0.15, -0.1) is 0 Å². The number of amides is 1. The number of rotatable bonds is 4. The number of aromatic nitrogens is 1. The van der Waals surface area contributed by atoms with Crippen LogP contribution in [0.1, 0.15) is 29.3 Å². The molecule has 0 N–H and O–H groups in total. The third-order valence-corrected chi connectivity index (χ3v) is 5.01. The van der Waals surface area contributed by atoms with Crippen LogP contribution in [0.2, 0.25) is 0 Å². The molecule has 0 aliphatic carbocycles. The fourth-order valence-corrected chi connectivity index (χ4v) is 3.69. The third kappa shape index (κ3) is 3.27. The lowest BCUT2D eigenvalue weighted by Gasteiger charge is -2.37. The highest BCUT2D eigenvalue weighted by Crippen LogP contribution is 2.33. The minimum absolute atomic E-state index is 0.135. The molecule has 4 heteroatoms. The van der Waals surface area contributed by atoms with Crippen molar-refractivity contribution in [3.63, 3.8) is 0 Å². The molecule has 0 radical (unpaired) electrons. The first kappa shape index (κ1) is 16.6. The van der Waals surface area contributed by atoms with Crippen LogP contribution in [0.4, 0.5) is 4.39 Å². The molecule has 3 aromatic rings. The maximum atomic E-state index is 13.4. The van der Waals surface area contributed by atoms with Crippen LogP contribution in [0.5, 0.6) is 0 Å². The van der Waals surface area contributed by atoms with Gasteiger partial charge >= 0.3 is 0 Å². The Hall–Kier alpha value is -2.88. The highest BCUT2D eigenvalue weighted by atomic mass is 19.1. The zero-order chi connectivity index (χ0) is 17.9. The Morgan fingerprint density at radius 1 is 0.962 bits per heavy atom. The van der Waals surface area contributed by atoms with Gasteiger partial charge in [-0.05, 0) is 41.8 Å². The quantitative estimate of drug-likeness (QED) is 0.694. The Morgan fingerprint density at radius 3 is 2.50 bits per heavy atom. The molecule has 2 heterocycles. The summed E-state index contributed by atoms with van der Waals surface area (Å²) in [4.78, 5) is 14.9. The van der Waals surface area contributed by atoms with E-state index < -0.39 is 0 Å². The zero-order valence-electron chi connectivity index (χ0n) is 14.5. The summed E-state index contributed by atoms with van der Waals surface area (Å²) in [6.45, 7) is 1.45. The van der Waals surface area contributed by atoms with Gasteiger partial charge in [0.05, 0.1) is 6.04 Å². The lowest BCUT2D eigenvalue weighted by molar-refractivity contribution is -0.133. The largest absolute Gasteiger partial charge is 0.348 e. The van der Waals surface area contributed by atoms with Gasteiger partial charge in [-0.25, -0.2) is 4.39 Å². The summed E-state index contributed by atoms with van der Waals surface area (Å²) in [6.07, 6.45) is 3.24. The highest BCUT2D eigenvalue weighted by Gasteiger charge is 2.31. The fraction of sp³-hybridized carbons (Fsp3) is 0.227. The summed E-state index contributed by atoms with van der Waals surface area (Å²) >= 11 is 0. The molecule has 0 bridgehead atoms. The predicted molar refractivity (Wildman–Crippen MR) is 99.2 cm³/mol. The van der Waals surface area contributed by atoms with Crippen LogP contribution >= 0.6 is 0 Å². The van der Waals surface area contributed by atoms with Crippen molar-refractivity contribution >= 4 is 5.91 Å². The number of carbonyl (C=O) groups is 1. The van der Waals surface area contributed by atoms with Crippen molar-refractivity contribution in [2.75, 3.05) is 6.54 Å². The lowest BCUT2D eigenvalue weighted by atomic mass is 9.99. The molecule has 26 heavy (non-hydrogen) atoms. The second-order valence-corrected chi connectivity index (χ2v) is 6.65. The number of benzene rings is 2. The third-order valence-electron chi connectivity index (χ3n) is 5.01. The van der Waals surface area contributed by atoms with E-state index in [1.165, 1.54) is 17.7 Å². The van der Waals surface area contributed by atoms with Crippen molar-refractivity contribution in [1.82, 2.24) is 9.47 Å². The van der Waals surface area contributed by atoms with Crippen LogP contribution in [0.3, 0.4) is 0 Å². The molecule has 2 aromatic carbocycles. The first-order valence-electron chi connectivity index (χ1n) is 8.96. The molecule has 0 fully saturated rings. The van der Waals surface area contributed by atoms with Crippen LogP contribution in [-0.2, 0) is 17.8 Å². The Kier molecular flexibility index (Phi) is 4.57. The van der Waals surface area contributed by atoms with Gasteiger partial charge in [0.25, 0.3) is 0 Å². The molecule has 132 valence electrons. The van der Waals surface area contributed by atoms with Gasteiger partial charge in [0, 0.05) is 31.4 Å². The van der Waals surface area contributed by atoms with Gasteiger partial charge in [0.2, 0.25) is 5.91 Å². The highest BCUT2D eigenvalue weighted by molar-refractivity contribution is 5.77. The summed E-state index contributed by atoms with van der Waals surface area (Å²) in [5.74, 6) is -0.127. The maximum absolute atomic E-state index is 13.4. The van der Waals surface area contributed by atoms with E-state index in [1.54, 1.807) is 12.1 Å². The molecule has 0 spiro atoms. The molecular weight excluding hydrogens is 327 g/mol. The van der Waals surface area contributed by atoms with E-state index in [0.717, 1.165) is 24.2 Å². The van der Waals surface area contributed by atoms with Gasteiger partial charge in [-0.2, -0.15) is 0 Å². The SMILES string of the molecule is O=C(CCc1ccccc1)N1CCn2cccc2C1c1ccc(F)cc1. The number of nitrogens with zero attached hydrogens (tertiary/aromatic N) is 2. The van der Waals surface area contributed by atoms with E-state index in [0.29, 0.717) is 13.0 Å². The van der Waals surface area contributed by atoms with Crippen molar-refractivity contribution < 1.29 is 9.18 Å². The Labute approximate surface area is 152 Å². The number of halogens is 1. The summed E-state index contributed by atoms with van der Waals surface area (Å²) in [5, 5.41) is 0. The van der Waals surface area contributed by atoms with Gasteiger partial charge in [-0.3, -0.25) is 4.79 Å². The molecule has 1 aliphatic heterocycles. The van der Waals surface area contributed by atoms with Crippen molar-refractivity contribution in [1.29, 1.82) is 0 Å². The zero-order valence-corrected chi connectivity index (χ0v) is 14.5. The molecule has 1 aliphatic rings. The Bertz CT molecular complexity index is 886. The van der Waals surface area contributed by atoms with E-state index in [4.69, 9.17) is 0 Å². The molecule has 1 amide bonds. The minimum atomic E-state index is -0.262. The van der Waals surface area contributed by atoms with Crippen LogP contribution in [0, 0.1) is 5.82 Å². The van der Waals surface area contributed by atoms with Crippen molar-refractivity contribution in [3.05, 3.63) is 95.6 Å². The Morgan fingerprint density at radius 2 is 1.73 bits per heavy atom. The average Bonchev–Trinajstić information content (AvgIpc) is 3.16. The molecule has 1 atom stereocenters. The summed E-state index contributed by atoms with van der Waals surface area (Å²) in [5.41, 5.74) is 3.19. The second-order valence-electron chi connectivity index (χ2n) is 6.65. The summed E-state index contributed by atoms with van der Waals surface area (Å²) in [6, 6.07) is 20.4. The van der Waals surface area contributed by atoms with Crippen LogP contribution in [0.15, 0.2) is 72.9 Å². The number of hydrogen-bond donors (Lipinski definition) is 0. The molecule has 0 saturated heterocycles. The monoisotopic (exact) mass is 348 g/mol.